The second-order valence-corrected chi connectivity index (χ2v) is 6.26. The van der Waals surface area contributed by atoms with Crippen molar-refractivity contribution in [3.8, 4) is 0 Å². The fourth-order valence-electron chi connectivity index (χ4n) is 2.49. The summed E-state index contributed by atoms with van der Waals surface area (Å²) >= 11 is 0. The molecule has 0 spiro atoms. The number of nitrogens with zero attached hydrogens (tertiary/aromatic N) is 1. The highest BCUT2D eigenvalue weighted by Gasteiger charge is 2.15. The van der Waals surface area contributed by atoms with Crippen molar-refractivity contribution in [1.29, 1.82) is 0 Å². The summed E-state index contributed by atoms with van der Waals surface area (Å²) in [6.45, 7) is 6.55. The van der Waals surface area contributed by atoms with Crippen LogP contribution in [0.25, 0.3) is 0 Å². The summed E-state index contributed by atoms with van der Waals surface area (Å²) in [5.74, 6) is -0.157. The Bertz CT molecular complexity index is 667. The number of carbonyl (C=O) groups excluding carboxylic acids is 1. The van der Waals surface area contributed by atoms with Crippen molar-refractivity contribution in [2.24, 2.45) is 5.73 Å². The molecule has 1 atom stereocenters. The normalized spacial score (nSPS) is 12.2. The molecule has 3 N–H and O–H groups in total. The minimum atomic E-state index is -0.639. The van der Waals surface area contributed by atoms with Gasteiger partial charge in [0.25, 0.3) is 0 Å². The van der Waals surface area contributed by atoms with Gasteiger partial charge in [0.2, 0.25) is 5.91 Å². The lowest BCUT2D eigenvalue weighted by molar-refractivity contribution is -0.122. The summed E-state index contributed by atoms with van der Waals surface area (Å²) < 4.78 is 0. The molecular weight excluding hydrogens is 298 g/mol. The minimum Gasteiger partial charge on any atom is -0.350 e. The summed E-state index contributed by atoms with van der Waals surface area (Å²) in [5.41, 5.74) is 10.4. The van der Waals surface area contributed by atoms with Gasteiger partial charge < -0.3 is 16.0 Å². The fraction of sp³-hybridized carbons (Fsp3) is 0.350. The summed E-state index contributed by atoms with van der Waals surface area (Å²) in [5, 5.41) is 2.93. The van der Waals surface area contributed by atoms with Crippen LogP contribution in [0.4, 0.5) is 0 Å². The zero-order valence-corrected chi connectivity index (χ0v) is 14.8. The molecule has 0 aliphatic heterocycles. The Labute approximate surface area is 144 Å². The molecule has 4 heteroatoms. The number of hydrogen-bond donors (Lipinski definition) is 2. The third kappa shape index (κ3) is 5.18. The smallest absolute Gasteiger partial charge is 0.241 e. The summed E-state index contributed by atoms with van der Waals surface area (Å²) in [7, 11) is 2.09. The van der Waals surface area contributed by atoms with E-state index in [0.29, 0.717) is 6.54 Å². The maximum absolute atomic E-state index is 12.3. The van der Waals surface area contributed by atoms with E-state index in [4.69, 9.17) is 5.73 Å². The van der Waals surface area contributed by atoms with Gasteiger partial charge in [-0.3, -0.25) is 4.79 Å². The van der Waals surface area contributed by atoms with E-state index in [2.05, 4.69) is 36.3 Å². The van der Waals surface area contributed by atoms with Crippen molar-refractivity contribution < 1.29 is 4.79 Å². The first-order chi connectivity index (χ1) is 11.5. The molecule has 0 radical (unpaired) electrons. The SMILES string of the molecule is CCN(C)Cc1cccc(CNC(=O)C(N)c2ccc(C)cc2)c1. The molecule has 2 aromatic rings. The topological polar surface area (TPSA) is 58.4 Å². The summed E-state index contributed by atoms with van der Waals surface area (Å²) in [6, 6.07) is 15.4. The average Bonchev–Trinajstić information content (AvgIpc) is 2.60. The van der Waals surface area contributed by atoms with Crippen LogP contribution in [-0.2, 0) is 17.9 Å². The largest absolute Gasteiger partial charge is 0.350 e. The average molecular weight is 325 g/mol. The lowest BCUT2D eigenvalue weighted by Crippen LogP contribution is -2.33. The van der Waals surface area contributed by atoms with Gasteiger partial charge >= 0.3 is 0 Å². The van der Waals surface area contributed by atoms with Gasteiger partial charge in [0.1, 0.15) is 6.04 Å². The Morgan fingerprint density at radius 2 is 1.83 bits per heavy atom. The van der Waals surface area contributed by atoms with E-state index >= 15 is 0 Å². The second-order valence-electron chi connectivity index (χ2n) is 6.26. The van der Waals surface area contributed by atoms with E-state index in [1.54, 1.807) is 0 Å². The molecule has 0 bridgehead atoms. The monoisotopic (exact) mass is 325 g/mol. The molecule has 0 aliphatic carbocycles. The second kappa shape index (κ2) is 8.62. The number of rotatable bonds is 7. The molecule has 4 nitrogen and oxygen atoms in total. The van der Waals surface area contributed by atoms with Crippen LogP contribution in [-0.4, -0.2) is 24.4 Å². The zero-order chi connectivity index (χ0) is 17.5. The van der Waals surface area contributed by atoms with Crippen molar-refractivity contribution in [2.75, 3.05) is 13.6 Å². The summed E-state index contributed by atoms with van der Waals surface area (Å²) in [4.78, 5) is 14.5. The maximum Gasteiger partial charge on any atom is 0.241 e. The number of nitrogens with one attached hydrogen (secondary N) is 1. The lowest BCUT2D eigenvalue weighted by Gasteiger charge is -2.15. The minimum absolute atomic E-state index is 0.157. The van der Waals surface area contributed by atoms with Gasteiger partial charge in [-0.05, 0) is 37.2 Å². The van der Waals surface area contributed by atoms with Gasteiger partial charge in [-0.15, -0.1) is 0 Å². The van der Waals surface area contributed by atoms with E-state index in [1.807, 2.05) is 43.3 Å². The highest BCUT2D eigenvalue weighted by Crippen LogP contribution is 2.12. The van der Waals surface area contributed by atoms with E-state index < -0.39 is 6.04 Å². The quantitative estimate of drug-likeness (QED) is 0.823. The van der Waals surface area contributed by atoms with Crippen LogP contribution in [0.1, 0.15) is 35.2 Å². The highest BCUT2D eigenvalue weighted by atomic mass is 16.2. The number of amides is 1. The molecule has 0 aromatic heterocycles. The third-order valence-electron chi connectivity index (χ3n) is 4.17. The van der Waals surface area contributed by atoms with Gasteiger partial charge in [-0.1, -0.05) is 61.0 Å². The lowest BCUT2D eigenvalue weighted by atomic mass is 10.1. The highest BCUT2D eigenvalue weighted by molar-refractivity contribution is 5.82. The van der Waals surface area contributed by atoms with E-state index in [1.165, 1.54) is 5.56 Å². The van der Waals surface area contributed by atoms with Gasteiger partial charge in [-0.25, -0.2) is 0 Å². The van der Waals surface area contributed by atoms with Crippen LogP contribution in [0.2, 0.25) is 0 Å². The van der Waals surface area contributed by atoms with Crippen LogP contribution in [0.15, 0.2) is 48.5 Å². The van der Waals surface area contributed by atoms with E-state index in [-0.39, 0.29) is 5.91 Å². The number of hydrogen-bond acceptors (Lipinski definition) is 3. The van der Waals surface area contributed by atoms with Crippen LogP contribution < -0.4 is 11.1 Å². The van der Waals surface area contributed by atoms with Crippen LogP contribution in [0, 0.1) is 6.92 Å². The first kappa shape index (κ1) is 18.2. The fourth-order valence-corrected chi connectivity index (χ4v) is 2.49. The summed E-state index contributed by atoms with van der Waals surface area (Å²) in [6.07, 6.45) is 0. The molecule has 0 saturated carbocycles. The Hall–Kier alpha value is -2.17. The molecule has 0 fully saturated rings. The first-order valence-corrected chi connectivity index (χ1v) is 8.35. The van der Waals surface area contributed by atoms with Gasteiger partial charge in [0, 0.05) is 13.1 Å². The van der Waals surface area contributed by atoms with Crippen molar-refractivity contribution >= 4 is 5.91 Å². The molecular formula is C20H27N3O. The van der Waals surface area contributed by atoms with Crippen molar-refractivity contribution in [3.63, 3.8) is 0 Å². The molecule has 24 heavy (non-hydrogen) atoms. The molecule has 0 heterocycles. The Morgan fingerprint density at radius 3 is 2.50 bits per heavy atom. The Kier molecular flexibility index (Phi) is 6.53. The molecule has 0 saturated heterocycles. The van der Waals surface area contributed by atoms with Crippen molar-refractivity contribution in [1.82, 2.24) is 10.2 Å². The number of nitrogens with two attached hydrogens (primary N) is 1. The molecule has 2 rings (SSSR count). The Morgan fingerprint density at radius 1 is 1.17 bits per heavy atom. The van der Waals surface area contributed by atoms with Gasteiger partial charge in [0.15, 0.2) is 0 Å². The molecule has 2 aromatic carbocycles. The van der Waals surface area contributed by atoms with Gasteiger partial charge in [0.05, 0.1) is 0 Å². The number of aryl methyl sites for hydroxylation is 1. The molecule has 0 aliphatic rings. The van der Waals surface area contributed by atoms with E-state index in [9.17, 15) is 4.79 Å². The van der Waals surface area contributed by atoms with Crippen LogP contribution >= 0.6 is 0 Å². The van der Waals surface area contributed by atoms with Crippen molar-refractivity contribution in [3.05, 3.63) is 70.8 Å². The Balaban J connectivity index is 1.93. The van der Waals surface area contributed by atoms with Crippen LogP contribution in [0.5, 0.6) is 0 Å². The van der Waals surface area contributed by atoms with E-state index in [0.717, 1.165) is 29.8 Å². The first-order valence-electron chi connectivity index (χ1n) is 8.35. The zero-order valence-electron chi connectivity index (χ0n) is 14.8. The van der Waals surface area contributed by atoms with Crippen molar-refractivity contribution in [2.45, 2.75) is 33.0 Å². The number of benzene rings is 2. The maximum atomic E-state index is 12.3. The van der Waals surface area contributed by atoms with Gasteiger partial charge in [-0.2, -0.15) is 0 Å². The molecule has 128 valence electrons. The molecule has 1 unspecified atom stereocenters. The number of carbonyl (C=O) groups is 1. The van der Waals surface area contributed by atoms with Crippen LogP contribution in [0.3, 0.4) is 0 Å². The molecule has 1 amide bonds. The third-order valence-corrected chi connectivity index (χ3v) is 4.17. The predicted octanol–water partition coefficient (Wildman–Crippen LogP) is 2.76. The predicted molar refractivity (Wildman–Crippen MR) is 98.4 cm³/mol. The standard InChI is InChI=1S/C20H27N3O/c1-4-23(3)14-17-7-5-6-16(12-17)13-22-20(24)19(21)18-10-8-15(2)9-11-18/h5-12,19H,4,13-14,21H2,1-3H3,(H,22,24).